The maximum absolute atomic E-state index is 9.42. The van der Waals surface area contributed by atoms with Crippen LogP contribution in [0.3, 0.4) is 0 Å². The zero-order valence-electron chi connectivity index (χ0n) is 11.8. The number of aromatic hydroxyl groups is 2. The van der Waals surface area contributed by atoms with Gasteiger partial charge in [0.15, 0.2) is 0 Å². The maximum Gasteiger partial charge on any atom is 0.115 e. The number of benzene rings is 2. The number of likely N-dealkylation sites (N-methyl/N-ethyl adjacent to an activating group) is 1. The van der Waals surface area contributed by atoms with Crippen molar-refractivity contribution in [1.82, 2.24) is 4.90 Å². The maximum atomic E-state index is 9.42. The van der Waals surface area contributed by atoms with Gasteiger partial charge < -0.3 is 15.1 Å². The second-order valence-electron chi connectivity index (χ2n) is 5.14. The Morgan fingerprint density at radius 3 is 1.65 bits per heavy atom. The molecular formula is C17H21NO2. The first kappa shape index (κ1) is 14.4. The molecule has 0 amide bonds. The smallest absolute Gasteiger partial charge is 0.115 e. The molecule has 2 aromatic carbocycles. The number of nitrogens with zero attached hydrogens (tertiary/aromatic N) is 1. The molecule has 2 rings (SSSR count). The van der Waals surface area contributed by atoms with Crippen molar-refractivity contribution in [2.75, 3.05) is 20.1 Å². The van der Waals surface area contributed by atoms with Crippen LogP contribution >= 0.6 is 0 Å². The van der Waals surface area contributed by atoms with Gasteiger partial charge in [0.25, 0.3) is 0 Å². The van der Waals surface area contributed by atoms with Crippen LogP contribution in [-0.2, 0) is 12.8 Å². The first-order valence-corrected chi connectivity index (χ1v) is 6.88. The third-order valence-electron chi connectivity index (χ3n) is 3.39. The fourth-order valence-electron chi connectivity index (χ4n) is 2.18. The van der Waals surface area contributed by atoms with Crippen LogP contribution in [0.2, 0.25) is 0 Å². The molecule has 20 heavy (non-hydrogen) atoms. The van der Waals surface area contributed by atoms with Crippen LogP contribution in [0.15, 0.2) is 48.5 Å². The summed E-state index contributed by atoms with van der Waals surface area (Å²) in [5.41, 5.74) is 2.29. The highest BCUT2D eigenvalue weighted by molar-refractivity contribution is 5.28. The SMILES string of the molecule is CN(CCc1cccc(O)c1)CCc1cccc(O)c1. The van der Waals surface area contributed by atoms with Gasteiger partial charge in [-0.1, -0.05) is 24.3 Å². The molecular weight excluding hydrogens is 250 g/mol. The number of rotatable bonds is 6. The lowest BCUT2D eigenvalue weighted by molar-refractivity contribution is 0.342. The molecule has 0 saturated heterocycles. The van der Waals surface area contributed by atoms with E-state index in [9.17, 15) is 10.2 Å². The van der Waals surface area contributed by atoms with Gasteiger partial charge in [-0.05, 0) is 55.3 Å². The summed E-state index contributed by atoms with van der Waals surface area (Å²) >= 11 is 0. The molecule has 0 aliphatic heterocycles. The minimum Gasteiger partial charge on any atom is -0.508 e. The van der Waals surface area contributed by atoms with Crippen molar-refractivity contribution < 1.29 is 10.2 Å². The van der Waals surface area contributed by atoms with E-state index in [1.54, 1.807) is 12.1 Å². The first-order valence-electron chi connectivity index (χ1n) is 6.88. The van der Waals surface area contributed by atoms with Gasteiger partial charge in [-0.25, -0.2) is 0 Å². The molecule has 2 aromatic rings. The van der Waals surface area contributed by atoms with Gasteiger partial charge >= 0.3 is 0 Å². The lowest BCUT2D eigenvalue weighted by Gasteiger charge is -2.16. The van der Waals surface area contributed by atoms with Crippen LogP contribution in [0.5, 0.6) is 11.5 Å². The topological polar surface area (TPSA) is 43.7 Å². The van der Waals surface area contributed by atoms with Crippen LogP contribution in [0, 0.1) is 0 Å². The molecule has 0 aliphatic rings. The fourth-order valence-corrected chi connectivity index (χ4v) is 2.18. The van der Waals surface area contributed by atoms with E-state index in [1.807, 2.05) is 36.4 Å². The predicted octanol–water partition coefficient (Wildman–Crippen LogP) is 2.81. The number of hydrogen-bond donors (Lipinski definition) is 2. The minimum atomic E-state index is 0.324. The molecule has 0 spiro atoms. The Bertz CT molecular complexity index is 505. The molecule has 0 saturated carbocycles. The van der Waals surface area contributed by atoms with Crippen LogP contribution in [0.1, 0.15) is 11.1 Å². The highest BCUT2D eigenvalue weighted by atomic mass is 16.3. The fraction of sp³-hybridized carbons (Fsp3) is 0.294. The van der Waals surface area contributed by atoms with Crippen LogP contribution in [0.25, 0.3) is 0 Å². The summed E-state index contributed by atoms with van der Waals surface area (Å²) in [4.78, 5) is 2.26. The average molecular weight is 271 g/mol. The third-order valence-corrected chi connectivity index (χ3v) is 3.39. The molecule has 2 N–H and O–H groups in total. The standard InChI is InChI=1S/C17H21NO2/c1-18(10-8-14-4-2-6-16(19)12-14)11-9-15-5-3-7-17(20)13-15/h2-7,12-13,19-20H,8-11H2,1H3. The Labute approximate surface area is 120 Å². The van der Waals surface area contributed by atoms with E-state index in [0.717, 1.165) is 37.1 Å². The van der Waals surface area contributed by atoms with Crippen molar-refractivity contribution in [3.8, 4) is 11.5 Å². The van der Waals surface area contributed by atoms with Gasteiger partial charge in [-0.3, -0.25) is 0 Å². The van der Waals surface area contributed by atoms with Gasteiger partial charge in [0.1, 0.15) is 11.5 Å². The zero-order valence-corrected chi connectivity index (χ0v) is 11.8. The minimum absolute atomic E-state index is 0.324. The number of hydrogen-bond acceptors (Lipinski definition) is 3. The summed E-state index contributed by atoms with van der Waals surface area (Å²) in [6.45, 7) is 1.89. The quantitative estimate of drug-likeness (QED) is 0.849. The van der Waals surface area contributed by atoms with E-state index >= 15 is 0 Å². The predicted molar refractivity (Wildman–Crippen MR) is 81.1 cm³/mol. The summed E-state index contributed by atoms with van der Waals surface area (Å²) in [6.07, 6.45) is 1.84. The Morgan fingerprint density at radius 1 is 0.800 bits per heavy atom. The molecule has 0 aliphatic carbocycles. The molecule has 0 atom stereocenters. The lowest BCUT2D eigenvalue weighted by Crippen LogP contribution is -2.23. The Hall–Kier alpha value is -2.00. The molecule has 3 nitrogen and oxygen atoms in total. The van der Waals surface area contributed by atoms with E-state index in [1.165, 1.54) is 0 Å². The molecule has 0 radical (unpaired) electrons. The Kier molecular flexibility index (Phi) is 5.02. The van der Waals surface area contributed by atoms with E-state index in [0.29, 0.717) is 11.5 Å². The molecule has 0 fully saturated rings. The molecule has 0 unspecified atom stereocenters. The molecule has 0 bridgehead atoms. The summed E-state index contributed by atoms with van der Waals surface area (Å²) in [5, 5.41) is 18.8. The molecule has 0 heterocycles. The van der Waals surface area contributed by atoms with Crippen LogP contribution in [0.4, 0.5) is 0 Å². The van der Waals surface area contributed by atoms with Crippen LogP contribution in [-0.4, -0.2) is 35.3 Å². The summed E-state index contributed by atoms with van der Waals surface area (Å²) in [6, 6.07) is 14.8. The van der Waals surface area contributed by atoms with Crippen molar-refractivity contribution in [2.45, 2.75) is 12.8 Å². The van der Waals surface area contributed by atoms with Crippen molar-refractivity contribution in [1.29, 1.82) is 0 Å². The summed E-state index contributed by atoms with van der Waals surface area (Å²) < 4.78 is 0. The van der Waals surface area contributed by atoms with E-state index in [4.69, 9.17) is 0 Å². The highest BCUT2D eigenvalue weighted by Gasteiger charge is 2.02. The molecule has 106 valence electrons. The molecule has 3 heteroatoms. The second kappa shape index (κ2) is 6.96. The largest absolute Gasteiger partial charge is 0.508 e. The third kappa shape index (κ3) is 4.59. The first-order chi connectivity index (χ1) is 9.63. The van der Waals surface area contributed by atoms with E-state index in [-0.39, 0.29) is 0 Å². The Balaban J connectivity index is 1.77. The van der Waals surface area contributed by atoms with Gasteiger partial charge in [-0.2, -0.15) is 0 Å². The number of phenolic OH excluding ortho intramolecular Hbond substituents is 2. The van der Waals surface area contributed by atoms with E-state index < -0.39 is 0 Å². The Morgan fingerprint density at radius 2 is 1.25 bits per heavy atom. The monoisotopic (exact) mass is 271 g/mol. The average Bonchev–Trinajstić information content (AvgIpc) is 2.43. The normalized spacial score (nSPS) is 10.9. The van der Waals surface area contributed by atoms with Crippen molar-refractivity contribution in [3.63, 3.8) is 0 Å². The molecule has 0 aromatic heterocycles. The van der Waals surface area contributed by atoms with Crippen molar-refractivity contribution in [3.05, 3.63) is 59.7 Å². The highest BCUT2D eigenvalue weighted by Crippen LogP contribution is 2.13. The lowest BCUT2D eigenvalue weighted by atomic mass is 10.1. The van der Waals surface area contributed by atoms with Gasteiger partial charge in [0, 0.05) is 13.1 Å². The summed E-state index contributed by atoms with van der Waals surface area (Å²) in [5.74, 6) is 0.648. The number of phenols is 2. The zero-order chi connectivity index (χ0) is 14.4. The van der Waals surface area contributed by atoms with Gasteiger partial charge in [-0.15, -0.1) is 0 Å². The van der Waals surface area contributed by atoms with Crippen LogP contribution < -0.4 is 0 Å². The van der Waals surface area contributed by atoms with Gasteiger partial charge in [0.05, 0.1) is 0 Å². The van der Waals surface area contributed by atoms with Crippen molar-refractivity contribution >= 4 is 0 Å². The summed E-state index contributed by atoms with van der Waals surface area (Å²) in [7, 11) is 2.09. The van der Waals surface area contributed by atoms with E-state index in [2.05, 4.69) is 11.9 Å². The van der Waals surface area contributed by atoms with Gasteiger partial charge in [0.2, 0.25) is 0 Å². The van der Waals surface area contributed by atoms with Crippen molar-refractivity contribution in [2.24, 2.45) is 0 Å². The second-order valence-corrected chi connectivity index (χ2v) is 5.14.